The number of benzene rings is 1. The quantitative estimate of drug-likeness (QED) is 0.837. The normalized spacial score (nSPS) is 11.6. The molecule has 0 aliphatic rings. The largest absolute Gasteiger partial charge is 0.399 e. The van der Waals surface area contributed by atoms with E-state index in [1.165, 1.54) is 11.0 Å². The van der Waals surface area contributed by atoms with Crippen molar-refractivity contribution in [3.8, 4) is 6.07 Å². The number of halogens is 1. The van der Waals surface area contributed by atoms with Crippen molar-refractivity contribution < 1.29 is 4.79 Å². The van der Waals surface area contributed by atoms with Gasteiger partial charge < -0.3 is 10.6 Å². The van der Waals surface area contributed by atoms with Gasteiger partial charge in [0.15, 0.2) is 0 Å². The Hall–Kier alpha value is -1.73. The van der Waals surface area contributed by atoms with Gasteiger partial charge in [-0.3, -0.25) is 4.79 Å². The van der Waals surface area contributed by atoms with E-state index in [1.54, 1.807) is 26.1 Å². The van der Waals surface area contributed by atoms with Crippen molar-refractivity contribution >= 4 is 23.2 Å². The molecule has 0 radical (unpaired) electrons. The molecule has 1 aromatic rings. The Kier molecular flexibility index (Phi) is 4.36. The Balaban J connectivity index is 2.89. The van der Waals surface area contributed by atoms with E-state index in [0.29, 0.717) is 22.8 Å². The topological polar surface area (TPSA) is 70.1 Å². The van der Waals surface area contributed by atoms with Gasteiger partial charge in [0.05, 0.1) is 22.6 Å². The third kappa shape index (κ3) is 3.36. The third-order valence-corrected chi connectivity index (χ3v) is 2.67. The van der Waals surface area contributed by atoms with Gasteiger partial charge in [-0.1, -0.05) is 11.6 Å². The van der Waals surface area contributed by atoms with Crippen LogP contribution in [0.2, 0.25) is 5.02 Å². The molecule has 90 valence electrons. The fourth-order valence-corrected chi connectivity index (χ4v) is 1.65. The van der Waals surface area contributed by atoms with E-state index in [0.717, 1.165) is 0 Å². The number of nitrogens with zero attached hydrogens (tertiary/aromatic N) is 2. The minimum atomic E-state index is -0.232. The van der Waals surface area contributed by atoms with Crippen LogP contribution in [0.25, 0.3) is 0 Å². The predicted molar refractivity (Wildman–Crippen MR) is 67.6 cm³/mol. The van der Waals surface area contributed by atoms with Crippen molar-refractivity contribution in [2.75, 3.05) is 19.3 Å². The lowest BCUT2D eigenvalue weighted by Crippen LogP contribution is -2.30. The Morgan fingerprint density at radius 2 is 2.29 bits per heavy atom. The molecule has 4 nitrogen and oxygen atoms in total. The number of hydrogen-bond donors (Lipinski definition) is 1. The summed E-state index contributed by atoms with van der Waals surface area (Å²) < 4.78 is 0. The summed E-state index contributed by atoms with van der Waals surface area (Å²) in [6, 6.07) is 6.84. The van der Waals surface area contributed by atoms with Crippen molar-refractivity contribution in [3.05, 3.63) is 28.8 Å². The van der Waals surface area contributed by atoms with E-state index in [4.69, 9.17) is 22.6 Å². The maximum Gasteiger partial charge on any atom is 0.255 e. The van der Waals surface area contributed by atoms with Crippen LogP contribution in [0.1, 0.15) is 17.3 Å². The zero-order valence-corrected chi connectivity index (χ0v) is 10.5. The second-order valence-corrected chi connectivity index (χ2v) is 4.36. The van der Waals surface area contributed by atoms with Crippen LogP contribution in [0.4, 0.5) is 5.69 Å². The maximum atomic E-state index is 12.0. The van der Waals surface area contributed by atoms with Gasteiger partial charge in [0.2, 0.25) is 0 Å². The molecule has 0 fully saturated rings. The van der Waals surface area contributed by atoms with Gasteiger partial charge in [-0.25, -0.2) is 0 Å². The minimum absolute atomic E-state index is 0.219. The highest BCUT2D eigenvalue weighted by Crippen LogP contribution is 2.20. The van der Waals surface area contributed by atoms with Gasteiger partial charge >= 0.3 is 0 Å². The minimum Gasteiger partial charge on any atom is -0.399 e. The Morgan fingerprint density at radius 1 is 1.65 bits per heavy atom. The van der Waals surface area contributed by atoms with Crippen molar-refractivity contribution in [1.82, 2.24) is 4.90 Å². The van der Waals surface area contributed by atoms with E-state index < -0.39 is 0 Å². The SMILES string of the molecule is CC(C#N)CN(C)C(=O)c1cc(N)ccc1Cl. The number of anilines is 1. The molecule has 1 amide bonds. The molecule has 1 atom stereocenters. The monoisotopic (exact) mass is 251 g/mol. The number of nitriles is 1. The molecule has 1 unspecified atom stereocenters. The molecule has 0 aliphatic heterocycles. The number of nitrogens with two attached hydrogens (primary N) is 1. The number of amides is 1. The summed E-state index contributed by atoms with van der Waals surface area (Å²) >= 11 is 5.94. The summed E-state index contributed by atoms with van der Waals surface area (Å²) in [5.41, 5.74) is 6.46. The van der Waals surface area contributed by atoms with Crippen LogP contribution in [-0.2, 0) is 0 Å². The van der Waals surface area contributed by atoms with E-state index >= 15 is 0 Å². The lowest BCUT2D eigenvalue weighted by atomic mass is 10.1. The van der Waals surface area contributed by atoms with Crippen LogP contribution in [-0.4, -0.2) is 24.4 Å². The van der Waals surface area contributed by atoms with Crippen molar-refractivity contribution in [3.63, 3.8) is 0 Å². The van der Waals surface area contributed by atoms with Crippen LogP contribution < -0.4 is 5.73 Å². The zero-order valence-electron chi connectivity index (χ0n) is 9.77. The number of nitrogen functional groups attached to an aromatic ring is 1. The summed E-state index contributed by atoms with van der Waals surface area (Å²) in [5.74, 6) is -0.451. The molecular weight excluding hydrogens is 238 g/mol. The van der Waals surface area contributed by atoms with Crippen molar-refractivity contribution in [1.29, 1.82) is 5.26 Å². The summed E-state index contributed by atoms with van der Waals surface area (Å²) in [7, 11) is 1.63. The molecule has 2 N–H and O–H groups in total. The molecule has 0 heterocycles. The van der Waals surface area contributed by atoms with E-state index in [1.807, 2.05) is 0 Å². The molecule has 0 saturated carbocycles. The standard InChI is InChI=1S/C12H14ClN3O/c1-8(6-14)7-16(2)12(17)10-5-9(15)3-4-11(10)13/h3-5,8H,7,15H2,1-2H3. The molecule has 0 saturated heterocycles. The number of rotatable bonds is 3. The van der Waals surface area contributed by atoms with Crippen LogP contribution in [0.15, 0.2) is 18.2 Å². The lowest BCUT2D eigenvalue weighted by molar-refractivity contribution is 0.0785. The second kappa shape index (κ2) is 5.55. The van der Waals surface area contributed by atoms with Crippen molar-refractivity contribution in [2.24, 2.45) is 5.92 Å². The molecule has 1 aromatic carbocycles. The number of hydrogen-bond acceptors (Lipinski definition) is 3. The van der Waals surface area contributed by atoms with Gasteiger partial charge in [-0.15, -0.1) is 0 Å². The van der Waals surface area contributed by atoms with E-state index in [2.05, 4.69) is 6.07 Å². The van der Waals surface area contributed by atoms with Crippen molar-refractivity contribution in [2.45, 2.75) is 6.92 Å². The second-order valence-electron chi connectivity index (χ2n) is 3.96. The molecule has 5 heteroatoms. The van der Waals surface area contributed by atoms with Crippen LogP contribution in [0.3, 0.4) is 0 Å². The summed E-state index contributed by atoms with van der Waals surface area (Å²) in [4.78, 5) is 13.5. The van der Waals surface area contributed by atoms with E-state index in [9.17, 15) is 4.79 Å². The summed E-state index contributed by atoms with van der Waals surface area (Å²) in [6.07, 6.45) is 0. The van der Waals surface area contributed by atoms with Gasteiger partial charge in [0, 0.05) is 19.3 Å². The van der Waals surface area contributed by atoms with E-state index in [-0.39, 0.29) is 11.8 Å². The number of carbonyl (C=O) groups excluding carboxylic acids is 1. The lowest BCUT2D eigenvalue weighted by Gasteiger charge is -2.19. The van der Waals surface area contributed by atoms with Crippen LogP contribution in [0, 0.1) is 17.2 Å². The average molecular weight is 252 g/mol. The Labute approximate surface area is 106 Å². The fraction of sp³-hybridized carbons (Fsp3) is 0.333. The third-order valence-electron chi connectivity index (χ3n) is 2.34. The predicted octanol–water partition coefficient (Wildman–Crippen LogP) is 2.15. The molecular formula is C12H14ClN3O. The van der Waals surface area contributed by atoms with Gasteiger partial charge in [0.1, 0.15) is 0 Å². The smallest absolute Gasteiger partial charge is 0.255 e. The molecule has 0 aromatic heterocycles. The Morgan fingerprint density at radius 3 is 2.88 bits per heavy atom. The first-order valence-corrected chi connectivity index (χ1v) is 5.53. The first kappa shape index (κ1) is 13.3. The van der Waals surface area contributed by atoms with Crippen LogP contribution in [0.5, 0.6) is 0 Å². The highest BCUT2D eigenvalue weighted by Gasteiger charge is 2.17. The highest BCUT2D eigenvalue weighted by molar-refractivity contribution is 6.33. The molecule has 1 rings (SSSR count). The first-order chi connectivity index (χ1) is 7.95. The number of carbonyl (C=O) groups is 1. The molecule has 0 spiro atoms. The highest BCUT2D eigenvalue weighted by atomic mass is 35.5. The van der Waals surface area contributed by atoms with Gasteiger partial charge in [0.25, 0.3) is 5.91 Å². The zero-order chi connectivity index (χ0) is 13.0. The van der Waals surface area contributed by atoms with Crippen LogP contribution >= 0.6 is 11.6 Å². The van der Waals surface area contributed by atoms with Gasteiger partial charge in [-0.2, -0.15) is 5.26 Å². The molecule has 0 bridgehead atoms. The summed E-state index contributed by atoms with van der Waals surface area (Å²) in [6.45, 7) is 2.12. The molecule has 17 heavy (non-hydrogen) atoms. The fourth-order valence-electron chi connectivity index (χ4n) is 1.45. The Bertz CT molecular complexity index is 467. The molecule has 0 aliphatic carbocycles. The average Bonchev–Trinajstić information content (AvgIpc) is 2.31. The summed E-state index contributed by atoms with van der Waals surface area (Å²) in [5, 5.41) is 9.06. The maximum absolute atomic E-state index is 12.0. The van der Waals surface area contributed by atoms with Gasteiger partial charge in [-0.05, 0) is 25.1 Å². The first-order valence-electron chi connectivity index (χ1n) is 5.15.